The molecule has 4 nitrogen and oxygen atoms in total. The summed E-state index contributed by atoms with van der Waals surface area (Å²) in [6, 6.07) is 16.0. The second-order valence-corrected chi connectivity index (χ2v) is 8.85. The molecule has 0 bridgehead atoms. The molecular weight excluding hydrogens is 448 g/mol. The third-order valence-corrected chi connectivity index (χ3v) is 6.57. The monoisotopic (exact) mass is 468 g/mol. The molecule has 29 heavy (non-hydrogen) atoms. The van der Waals surface area contributed by atoms with Gasteiger partial charge in [-0.2, -0.15) is 0 Å². The third kappa shape index (κ3) is 4.14. The van der Waals surface area contributed by atoms with Gasteiger partial charge in [-0.05, 0) is 48.7 Å². The SMILES string of the molecule is CCc1sc2ncn(CCOc3cccc(C)c3)c(=O)c2c1-c1ccc(Br)cc1. The zero-order valence-electron chi connectivity index (χ0n) is 16.3. The summed E-state index contributed by atoms with van der Waals surface area (Å²) in [6.07, 6.45) is 2.49. The Labute approximate surface area is 181 Å². The fraction of sp³-hybridized carbons (Fsp3) is 0.217. The van der Waals surface area contributed by atoms with Crippen molar-refractivity contribution in [3.63, 3.8) is 0 Å². The lowest BCUT2D eigenvalue weighted by molar-refractivity contribution is 0.296. The fourth-order valence-electron chi connectivity index (χ4n) is 3.37. The highest BCUT2D eigenvalue weighted by Crippen LogP contribution is 2.36. The first-order valence-corrected chi connectivity index (χ1v) is 11.1. The number of hydrogen-bond acceptors (Lipinski definition) is 4. The summed E-state index contributed by atoms with van der Waals surface area (Å²) in [7, 11) is 0. The second-order valence-electron chi connectivity index (χ2n) is 6.85. The molecule has 4 rings (SSSR count). The van der Waals surface area contributed by atoms with Gasteiger partial charge in [-0.1, -0.05) is 47.1 Å². The summed E-state index contributed by atoms with van der Waals surface area (Å²) < 4.78 is 8.48. The van der Waals surface area contributed by atoms with E-state index in [2.05, 4.69) is 27.8 Å². The van der Waals surface area contributed by atoms with Gasteiger partial charge in [0.1, 0.15) is 17.2 Å². The topological polar surface area (TPSA) is 44.1 Å². The second kappa shape index (κ2) is 8.51. The number of benzene rings is 2. The van der Waals surface area contributed by atoms with Gasteiger partial charge in [-0.3, -0.25) is 9.36 Å². The van der Waals surface area contributed by atoms with Crippen molar-refractivity contribution in [2.75, 3.05) is 6.61 Å². The molecule has 0 aliphatic heterocycles. The number of aryl methyl sites for hydroxylation is 2. The van der Waals surface area contributed by atoms with Gasteiger partial charge in [0.05, 0.1) is 18.3 Å². The summed E-state index contributed by atoms with van der Waals surface area (Å²) in [4.78, 5) is 19.8. The Morgan fingerprint density at radius 3 is 2.69 bits per heavy atom. The van der Waals surface area contributed by atoms with Crippen LogP contribution in [0, 0.1) is 6.92 Å². The Morgan fingerprint density at radius 2 is 1.97 bits per heavy atom. The molecule has 2 aromatic carbocycles. The van der Waals surface area contributed by atoms with E-state index < -0.39 is 0 Å². The molecule has 0 aliphatic carbocycles. The largest absolute Gasteiger partial charge is 0.492 e. The van der Waals surface area contributed by atoms with Crippen molar-refractivity contribution < 1.29 is 4.74 Å². The summed E-state index contributed by atoms with van der Waals surface area (Å²) >= 11 is 5.08. The van der Waals surface area contributed by atoms with Crippen molar-refractivity contribution >= 4 is 37.5 Å². The molecule has 2 aromatic heterocycles. The average Bonchev–Trinajstić information content (AvgIpc) is 3.10. The number of rotatable bonds is 6. The molecule has 4 aromatic rings. The number of ether oxygens (including phenoxy) is 1. The minimum Gasteiger partial charge on any atom is -0.492 e. The Balaban J connectivity index is 1.68. The van der Waals surface area contributed by atoms with E-state index in [4.69, 9.17) is 4.74 Å². The number of thiophene rings is 1. The van der Waals surface area contributed by atoms with Crippen LogP contribution < -0.4 is 10.3 Å². The molecule has 0 N–H and O–H groups in total. The molecule has 0 unspecified atom stereocenters. The van der Waals surface area contributed by atoms with Gasteiger partial charge in [0, 0.05) is 14.9 Å². The zero-order chi connectivity index (χ0) is 20.4. The third-order valence-electron chi connectivity index (χ3n) is 4.80. The highest BCUT2D eigenvalue weighted by molar-refractivity contribution is 9.10. The van der Waals surface area contributed by atoms with Crippen LogP contribution in [0.4, 0.5) is 0 Å². The van der Waals surface area contributed by atoms with Crippen LogP contribution in [0.3, 0.4) is 0 Å². The maximum Gasteiger partial charge on any atom is 0.262 e. The molecule has 0 saturated carbocycles. The lowest BCUT2D eigenvalue weighted by Gasteiger charge is -2.09. The van der Waals surface area contributed by atoms with Crippen LogP contribution in [-0.2, 0) is 13.0 Å². The van der Waals surface area contributed by atoms with Gasteiger partial charge in [0.2, 0.25) is 0 Å². The van der Waals surface area contributed by atoms with Crippen LogP contribution in [0.15, 0.2) is 64.1 Å². The normalized spacial score (nSPS) is 11.1. The molecule has 0 fully saturated rings. The number of hydrogen-bond donors (Lipinski definition) is 0. The van der Waals surface area contributed by atoms with Crippen LogP contribution >= 0.6 is 27.3 Å². The number of halogens is 1. The first-order chi connectivity index (χ1) is 14.1. The molecule has 0 aliphatic rings. The minimum absolute atomic E-state index is 0.0169. The average molecular weight is 469 g/mol. The van der Waals surface area contributed by atoms with E-state index in [-0.39, 0.29) is 5.56 Å². The lowest BCUT2D eigenvalue weighted by Crippen LogP contribution is -2.23. The standard InChI is InChI=1S/C23H21BrN2O2S/c1-3-19-20(16-7-9-17(24)10-8-16)21-22(29-19)25-14-26(23(21)27)11-12-28-18-6-4-5-15(2)13-18/h4-10,13-14H,3,11-12H2,1-2H3. The van der Waals surface area contributed by atoms with Crippen molar-refractivity contribution in [1.82, 2.24) is 9.55 Å². The molecular formula is C23H21BrN2O2S. The maximum absolute atomic E-state index is 13.3. The molecule has 0 atom stereocenters. The van der Waals surface area contributed by atoms with Gasteiger partial charge >= 0.3 is 0 Å². The van der Waals surface area contributed by atoms with Crippen molar-refractivity contribution in [1.29, 1.82) is 0 Å². The number of aromatic nitrogens is 2. The van der Waals surface area contributed by atoms with Crippen LogP contribution in [0.1, 0.15) is 17.4 Å². The molecule has 2 heterocycles. The van der Waals surface area contributed by atoms with Gasteiger partial charge in [0.25, 0.3) is 5.56 Å². The summed E-state index contributed by atoms with van der Waals surface area (Å²) in [5.41, 5.74) is 3.18. The van der Waals surface area contributed by atoms with Crippen LogP contribution in [-0.4, -0.2) is 16.2 Å². The first-order valence-electron chi connectivity index (χ1n) is 9.53. The summed E-state index contributed by atoms with van der Waals surface area (Å²) in [6.45, 7) is 5.00. The van der Waals surface area contributed by atoms with E-state index in [1.165, 1.54) is 4.88 Å². The van der Waals surface area contributed by atoms with E-state index in [1.54, 1.807) is 22.2 Å². The highest BCUT2D eigenvalue weighted by atomic mass is 79.9. The summed E-state index contributed by atoms with van der Waals surface area (Å²) in [5, 5.41) is 0.701. The molecule has 0 saturated heterocycles. The molecule has 0 amide bonds. The zero-order valence-corrected chi connectivity index (χ0v) is 18.7. The Kier molecular flexibility index (Phi) is 5.83. The van der Waals surface area contributed by atoms with E-state index in [0.29, 0.717) is 18.5 Å². The van der Waals surface area contributed by atoms with Gasteiger partial charge in [-0.25, -0.2) is 4.98 Å². The van der Waals surface area contributed by atoms with Gasteiger partial charge in [-0.15, -0.1) is 11.3 Å². The van der Waals surface area contributed by atoms with Crippen LogP contribution in [0.2, 0.25) is 0 Å². The maximum atomic E-state index is 13.3. The van der Waals surface area contributed by atoms with E-state index in [9.17, 15) is 4.79 Å². The quantitative estimate of drug-likeness (QED) is 0.357. The van der Waals surface area contributed by atoms with E-state index in [0.717, 1.165) is 38.2 Å². The van der Waals surface area contributed by atoms with Crippen LogP contribution in [0.25, 0.3) is 21.3 Å². The highest BCUT2D eigenvalue weighted by Gasteiger charge is 2.18. The van der Waals surface area contributed by atoms with E-state index in [1.807, 2.05) is 55.5 Å². The van der Waals surface area contributed by atoms with Crippen molar-refractivity contribution in [2.45, 2.75) is 26.8 Å². The molecule has 6 heteroatoms. The number of nitrogens with zero attached hydrogens (tertiary/aromatic N) is 2. The molecule has 0 radical (unpaired) electrons. The molecule has 0 spiro atoms. The predicted molar refractivity (Wildman–Crippen MR) is 123 cm³/mol. The smallest absolute Gasteiger partial charge is 0.262 e. The van der Waals surface area contributed by atoms with Crippen molar-refractivity contribution in [3.05, 3.63) is 80.1 Å². The molecule has 148 valence electrons. The summed E-state index contributed by atoms with van der Waals surface area (Å²) in [5.74, 6) is 0.812. The van der Waals surface area contributed by atoms with Gasteiger partial charge in [0.15, 0.2) is 0 Å². The fourth-order valence-corrected chi connectivity index (χ4v) is 4.72. The Hall–Kier alpha value is -2.44. The number of fused-ring (bicyclic) bond motifs is 1. The lowest BCUT2D eigenvalue weighted by atomic mass is 10.0. The Bertz CT molecular complexity index is 1210. The Morgan fingerprint density at radius 1 is 1.17 bits per heavy atom. The van der Waals surface area contributed by atoms with Crippen LogP contribution in [0.5, 0.6) is 5.75 Å². The minimum atomic E-state index is -0.0169. The van der Waals surface area contributed by atoms with Crippen molar-refractivity contribution in [2.24, 2.45) is 0 Å². The first kappa shape index (κ1) is 19.9. The predicted octanol–water partition coefficient (Wildman–Crippen LogP) is 5.84. The van der Waals surface area contributed by atoms with Crippen molar-refractivity contribution in [3.8, 4) is 16.9 Å². The van der Waals surface area contributed by atoms with Gasteiger partial charge < -0.3 is 4.74 Å². The van der Waals surface area contributed by atoms with E-state index >= 15 is 0 Å².